The Bertz CT molecular complexity index is 819. The van der Waals surface area contributed by atoms with Gasteiger partial charge in [-0.1, -0.05) is 6.07 Å². The summed E-state index contributed by atoms with van der Waals surface area (Å²) in [6.45, 7) is 1.82. The molecular formula is C16H13N5O. The van der Waals surface area contributed by atoms with Gasteiger partial charge in [-0.05, 0) is 36.8 Å². The molecule has 0 bridgehead atoms. The maximum absolute atomic E-state index is 12.1. The summed E-state index contributed by atoms with van der Waals surface area (Å²) in [6.07, 6.45) is 3.01. The van der Waals surface area contributed by atoms with Crippen LogP contribution in [0, 0.1) is 29.6 Å². The van der Waals surface area contributed by atoms with Gasteiger partial charge in [0.15, 0.2) is 0 Å². The lowest BCUT2D eigenvalue weighted by Gasteiger charge is -2.03. The third-order valence-electron chi connectivity index (χ3n) is 3.26. The van der Waals surface area contributed by atoms with Gasteiger partial charge in [0.05, 0.1) is 0 Å². The largest absolute Gasteiger partial charge is 0.339 e. The van der Waals surface area contributed by atoms with E-state index in [1.54, 1.807) is 42.1 Å². The molecule has 1 N–H and O–H groups in total. The van der Waals surface area contributed by atoms with Crippen LogP contribution in [0.5, 0.6) is 0 Å². The molecule has 0 aliphatic rings. The van der Waals surface area contributed by atoms with Gasteiger partial charge in [-0.3, -0.25) is 4.79 Å². The summed E-state index contributed by atoms with van der Waals surface area (Å²) < 4.78 is 1.71. The van der Waals surface area contributed by atoms with Gasteiger partial charge in [0, 0.05) is 18.9 Å². The molecule has 108 valence electrons. The van der Waals surface area contributed by atoms with E-state index in [1.165, 1.54) is 6.08 Å². The standard InChI is InChI=1S/C16H13N5O/c1-11-12(8-14(10-18)21(11)2)7-13(9-17)16(22)20-15-5-3-4-6-19-15/h3-8H,1-2H3,(H,19,20,22)/b13-7+. The maximum Gasteiger partial charge on any atom is 0.267 e. The number of anilines is 1. The van der Waals surface area contributed by atoms with Crippen LogP contribution in [-0.4, -0.2) is 15.5 Å². The number of aromatic nitrogens is 2. The predicted octanol–water partition coefficient (Wildman–Crippen LogP) is 2.15. The Hall–Kier alpha value is -3.38. The van der Waals surface area contributed by atoms with Gasteiger partial charge >= 0.3 is 0 Å². The molecule has 22 heavy (non-hydrogen) atoms. The number of nitriles is 2. The lowest BCUT2D eigenvalue weighted by atomic mass is 10.1. The van der Waals surface area contributed by atoms with Crippen LogP contribution in [-0.2, 0) is 11.8 Å². The second-order valence-corrected chi connectivity index (χ2v) is 4.58. The lowest BCUT2D eigenvalue weighted by molar-refractivity contribution is -0.112. The minimum Gasteiger partial charge on any atom is -0.339 e. The number of carbonyl (C=O) groups excluding carboxylic acids is 1. The molecule has 0 aliphatic heterocycles. The highest BCUT2D eigenvalue weighted by Crippen LogP contribution is 2.17. The summed E-state index contributed by atoms with van der Waals surface area (Å²) in [5.41, 5.74) is 1.87. The number of amides is 1. The van der Waals surface area contributed by atoms with Crippen LogP contribution < -0.4 is 5.32 Å². The molecule has 2 heterocycles. The summed E-state index contributed by atoms with van der Waals surface area (Å²) in [5, 5.41) is 20.8. The highest BCUT2D eigenvalue weighted by Gasteiger charge is 2.13. The average Bonchev–Trinajstić information content (AvgIpc) is 2.81. The van der Waals surface area contributed by atoms with E-state index in [2.05, 4.69) is 16.4 Å². The van der Waals surface area contributed by atoms with Crippen molar-refractivity contribution in [2.45, 2.75) is 6.92 Å². The van der Waals surface area contributed by atoms with E-state index in [0.29, 0.717) is 17.1 Å². The van der Waals surface area contributed by atoms with Crippen LogP contribution >= 0.6 is 0 Å². The van der Waals surface area contributed by atoms with Crippen molar-refractivity contribution in [2.24, 2.45) is 7.05 Å². The van der Waals surface area contributed by atoms with E-state index < -0.39 is 5.91 Å². The number of nitrogens with one attached hydrogen (secondary N) is 1. The molecule has 0 spiro atoms. The quantitative estimate of drug-likeness (QED) is 0.692. The molecule has 2 aromatic rings. The van der Waals surface area contributed by atoms with E-state index in [9.17, 15) is 10.1 Å². The fourth-order valence-corrected chi connectivity index (χ4v) is 1.90. The van der Waals surface area contributed by atoms with Gasteiger partial charge in [0.2, 0.25) is 0 Å². The van der Waals surface area contributed by atoms with Crippen LogP contribution in [0.15, 0.2) is 36.0 Å². The molecule has 2 aromatic heterocycles. The van der Waals surface area contributed by atoms with E-state index in [1.807, 2.05) is 13.0 Å². The monoisotopic (exact) mass is 291 g/mol. The van der Waals surface area contributed by atoms with Crippen molar-refractivity contribution in [1.82, 2.24) is 9.55 Å². The first-order chi connectivity index (χ1) is 10.6. The zero-order valence-electron chi connectivity index (χ0n) is 12.2. The number of nitrogens with zero attached hydrogens (tertiary/aromatic N) is 4. The number of carbonyl (C=O) groups is 1. The highest BCUT2D eigenvalue weighted by molar-refractivity contribution is 6.09. The molecule has 0 radical (unpaired) electrons. The van der Waals surface area contributed by atoms with Crippen molar-refractivity contribution in [3.63, 3.8) is 0 Å². The van der Waals surface area contributed by atoms with Crippen molar-refractivity contribution < 1.29 is 4.79 Å². The molecule has 0 aromatic carbocycles. The normalized spacial score (nSPS) is 10.6. The van der Waals surface area contributed by atoms with Gasteiger partial charge in [-0.2, -0.15) is 10.5 Å². The Kier molecular flexibility index (Phi) is 4.36. The molecule has 6 nitrogen and oxygen atoms in total. The SMILES string of the molecule is Cc1c(/C=C(\C#N)C(=O)Nc2ccccn2)cc(C#N)n1C. The Labute approximate surface area is 127 Å². The summed E-state index contributed by atoms with van der Waals surface area (Å²) in [6, 6.07) is 10.7. The molecule has 6 heteroatoms. The van der Waals surface area contributed by atoms with Crippen LogP contribution in [0.4, 0.5) is 5.82 Å². The van der Waals surface area contributed by atoms with Crippen LogP contribution in [0.3, 0.4) is 0 Å². The third kappa shape index (κ3) is 3.02. The first-order valence-corrected chi connectivity index (χ1v) is 6.47. The molecular weight excluding hydrogens is 278 g/mol. The van der Waals surface area contributed by atoms with Crippen molar-refractivity contribution >= 4 is 17.8 Å². The van der Waals surface area contributed by atoms with Gasteiger partial charge < -0.3 is 9.88 Å². The summed E-state index contributed by atoms with van der Waals surface area (Å²) in [5.74, 6) is -0.167. The number of pyridine rings is 1. The van der Waals surface area contributed by atoms with E-state index in [0.717, 1.165) is 5.69 Å². The van der Waals surface area contributed by atoms with E-state index in [-0.39, 0.29) is 5.57 Å². The Balaban J connectivity index is 2.31. The van der Waals surface area contributed by atoms with Crippen molar-refractivity contribution in [3.8, 4) is 12.1 Å². The Morgan fingerprint density at radius 3 is 2.73 bits per heavy atom. The second kappa shape index (κ2) is 6.38. The molecule has 0 aliphatic carbocycles. The topological polar surface area (TPSA) is 94.5 Å². The van der Waals surface area contributed by atoms with Gasteiger partial charge in [-0.15, -0.1) is 0 Å². The van der Waals surface area contributed by atoms with E-state index in [4.69, 9.17) is 5.26 Å². The molecule has 0 saturated heterocycles. The van der Waals surface area contributed by atoms with Crippen LogP contribution in [0.1, 0.15) is 17.0 Å². The molecule has 0 atom stereocenters. The highest BCUT2D eigenvalue weighted by atomic mass is 16.1. The number of hydrogen-bond donors (Lipinski definition) is 1. The number of rotatable bonds is 3. The van der Waals surface area contributed by atoms with Crippen molar-refractivity contribution in [3.05, 3.63) is 53.0 Å². The summed E-state index contributed by atoms with van der Waals surface area (Å²) in [4.78, 5) is 16.1. The number of hydrogen-bond acceptors (Lipinski definition) is 4. The predicted molar refractivity (Wildman–Crippen MR) is 81.3 cm³/mol. The van der Waals surface area contributed by atoms with E-state index >= 15 is 0 Å². The van der Waals surface area contributed by atoms with Crippen molar-refractivity contribution in [1.29, 1.82) is 10.5 Å². The summed E-state index contributed by atoms with van der Waals surface area (Å²) in [7, 11) is 1.76. The molecule has 1 amide bonds. The molecule has 0 saturated carbocycles. The fourth-order valence-electron chi connectivity index (χ4n) is 1.90. The summed E-state index contributed by atoms with van der Waals surface area (Å²) >= 11 is 0. The fraction of sp³-hybridized carbons (Fsp3) is 0.125. The minimum absolute atomic E-state index is 0.0520. The maximum atomic E-state index is 12.1. The zero-order chi connectivity index (χ0) is 16.1. The molecule has 0 unspecified atom stereocenters. The average molecular weight is 291 g/mol. The molecule has 2 rings (SSSR count). The third-order valence-corrected chi connectivity index (χ3v) is 3.26. The second-order valence-electron chi connectivity index (χ2n) is 4.58. The smallest absolute Gasteiger partial charge is 0.267 e. The van der Waals surface area contributed by atoms with Gasteiger partial charge in [-0.25, -0.2) is 4.98 Å². The van der Waals surface area contributed by atoms with Crippen LogP contribution in [0.2, 0.25) is 0 Å². The first-order valence-electron chi connectivity index (χ1n) is 6.47. The Morgan fingerprint density at radius 1 is 1.41 bits per heavy atom. The zero-order valence-corrected chi connectivity index (χ0v) is 12.2. The first kappa shape index (κ1) is 15.0. The van der Waals surface area contributed by atoms with Crippen molar-refractivity contribution in [2.75, 3.05) is 5.32 Å². The van der Waals surface area contributed by atoms with Gasteiger partial charge in [0.1, 0.15) is 29.2 Å². The van der Waals surface area contributed by atoms with Gasteiger partial charge in [0.25, 0.3) is 5.91 Å². The molecule has 0 fully saturated rings. The lowest BCUT2D eigenvalue weighted by Crippen LogP contribution is -2.14. The Morgan fingerprint density at radius 2 is 2.18 bits per heavy atom. The van der Waals surface area contributed by atoms with Crippen LogP contribution in [0.25, 0.3) is 6.08 Å². The minimum atomic E-state index is -0.539.